The van der Waals surface area contributed by atoms with Gasteiger partial charge in [0.1, 0.15) is 0 Å². The molecular weight excluding hydrogens is 298 g/mol. The van der Waals surface area contributed by atoms with Crippen LogP contribution >= 0.6 is 0 Å². The Balaban J connectivity index is 2.19. The number of aliphatic hydroxyl groups is 1. The summed E-state index contributed by atoms with van der Waals surface area (Å²) < 4.78 is 0. The van der Waals surface area contributed by atoms with E-state index in [0.717, 1.165) is 0 Å². The molecule has 2 rings (SSSR count). The molecule has 0 aliphatic carbocycles. The monoisotopic (exact) mass is 325 g/mol. The summed E-state index contributed by atoms with van der Waals surface area (Å²) in [5, 5.41) is 9.76. The maximum atomic E-state index is 12.7. The van der Waals surface area contributed by atoms with Crippen molar-refractivity contribution in [3.63, 3.8) is 0 Å². The molecule has 0 saturated heterocycles. The van der Waals surface area contributed by atoms with E-state index in [2.05, 4.69) is 29.2 Å². The molecule has 0 bridgehead atoms. The zero-order valence-electron chi connectivity index (χ0n) is 14.7. The number of ketones is 1. The Morgan fingerprint density at radius 2 is 1.29 bits per heavy atom. The fraction of sp³-hybridized carbons (Fsp3) is 0.381. The third kappa shape index (κ3) is 5.02. The van der Waals surface area contributed by atoms with Crippen LogP contribution in [0, 0.1) is 5.92 Å². The van der Waals surface area contributed by atoms with Crippen molar-refractivity contribution in [2.45, 2.75) is 46.0 Å². The fourth-order valence-electron chi connectivity index (χ4n) is 2.76. The predicted octanol–water partition coefficient (Wildman–Crippen LogP) is 3.66. The first-order chi connectivity index (χ1) is 11.5. The van der Waals surface area contributed by atoms with Crippen LogP contribution in [0.3, 0.4) is 0 Å². The summed E-state index contributed by atoms with van der Waals surface area (Å²) in [6.07, 6.45) is -0.629. The van der Waals surface area contributed by atoms with Gasteiger partial charge >= 0.3 is 0 Å². The summed E-state index contributed by atoms with van der Waals surface area (Å²) >= 11 is 0. The molecule has 0 spiro atoms. The van der Waals surface area contributed by atoms with Gasteiger partial charge in [-0.1, -0.05) is 67.6 Å². The summed E-state index contributed by atoms with van der Waals surface area (Å²) in [5.74, 6) is -0.286. The van der Waals surface area contributed by atoms with Gasteiger partial charge in [0.2, 0.25) is 0 Å². The summed E-state index contributed by atoms with van der Waals surface area (Å²) in [4.78, 5) is 14.9. The minimum atomic E-state index is -0.629. The highest BCUT2D eigenvalue weighted by atomic mass is 16.3. The van der Waals surface area contributed by atoms with E-state index >= 15 is 0 Å². The van der Waals surface area contributed by atoms with Crippen molar-refractivity contribution in [1.82, 2.24) is 4.90 Å². The van der Waals surface area contributed by atoms with Gasteiger partial charge in [0.25, 0.3) is 0 Å². The van der Waals surface area contributed by atoms with Crippen molar-refractivity contribution >= 4 is 5.78 Å². The van der Waals surface area contributed by atoms with E-state index in [1.54, 1.807) is 13.8 Å². The van der Waals surface area contributed by atoms with Crippen molar-refractivity contribution in [2.24, 2.45) is 5.92 Å². The van der Waals surface area contributed by atoms with E-state index in [4.69, 9.17) is 0 Å². The summed E-state index contributed by atoms with van der Waals surface area (Å²) in [7, 11) is 0. The van der Waals surface area contributed by atoms with E-state index in [-0.39, 0.29) is 17.7 Å². The molecule has 3 heteroatoms. The molecule has 0 aromatic heterocycles. The minimum absolute atomic E-state index is 0.0804. The first-order valence-electron chi connectivity index (χ1n) is 8.52. The van der Waals surface area contributed by atoms with Gasteiger partial charge in [-0.3, -0.25) is 9.69 Å². The Bertz CT molecular complexity index is 583. The number of hydrogen-bond donors (Lipinski definition) is 1. The Morgan fingerprint density at radius 1 is 0.875 bits per heavy atom. The van der Waals surface area contributed by atoms with E-state index in [1.165, 1.54) is 11.1 Å². The molecule has 0 radical (unpaired) electrons. The van der Waals surface area contributed by atoms with Crippen LogP contribution < -0.4 is 0 Å². The summed E-state index contributed by atoms with van der Waals surface area (Å²) in [5.41, 5.74) is 2.36. The SMILES string of the molecule is C[C@H](O)[C@H](C)C(=O)[C@H](C)N(Cc1ccccc1)Cc1ccccc1. The Morgan fingerprint density at radius 3 is 1.67 bits per heavy atom. The number of Topliss-reactive ketones (excluding diaryl/α,β-unsaturated/α-hetero) is 1. The van der Waals surface area contributed by atoms with Crippen LogP contribution in [0.2, 0.25) is 0 Å². The third-order valence-corrected chi connectivity index (χ3v) is 4.59. The number of carbonyl (C=O) groups excluding carboxylic acids is 1. The number of carbonyl (C=O) groups is 1. The smallest absolute Gasteiger partial charge is 0.155 e. The van der Waals surface area contributed by atoms with Gasteiger partial charge in [0.05, 0.1) is 12.1 Å². The lowest BCUT2D eigenvalue weighted by atomic mass is 9.94. The van der Waals surface area contributed by atoms with Crippen LogP contribution in [0.4, 0.5) is 0 Å². The van der Waals surface area contributed by atoms with Gasteiger partial charge in [-0.25, -0.2) is 0 Å². The highest BCUT2D eigenvalue weighted by molar-refractivity contribution is 5.86. The standard InChI is InChI=1S/C21H27NO2/c1-16(18(3)23)21(24)17(2)22(14-19-10-6-4-7-11-19)15-20-12-8-5-9-13-20/h4-13,16-18,23H,14-15H2,1-3H3/t16-,17-,18-/m0/s1. The number of aliphatic hydroxyl groups excluding tert-OH is 1. The van der Waals surface area contributed by atoms with Gasteiger partial charge in [0.15, 0.2) is 5.78 Å². The average Bonchev–Trinajstić information content (AvgIpc) is 2.61. The van der Waals surface area contributed by atoms with Crippen molar-refractivity contribution in [2.75, 3.05) is 0 Å². The van der Waals surface area contributed by atoms with Crippen LogP contribution in [0.25, 0.3) is 0 Å². The van der Waals surface area contributed by atoms with Gasteiger partial charge in [-0.15, -0.1) is 0 Å². The van der Waals surface area contributed by atoms with Gasteiger partial charge in [0, 0.05) is 19.0 Å². The normalized spacial score (nSPS) is 15.0. The summed E-state index contributed by atoms with van der Waals surface area (Å²) in [6.45, 7) is 6.82. The van der Waals surface area contributed by atoms with E-state index in [1.807, 2.05) is 43.3 Å². The second-order valence-corrected chi connectivity index (χ2v) is 6.48. The molecule has 0 amide bonds. The molecule has 128 valence electrons. The van der Waals surface area contributed by atoms with Gasteiger partial charge < -0.3 is 5.11 Å². The Hall–Kier alpha value is -1.97. The van der Waals surface area contributed by atoms with Crippen LogP contribution in [-0.2, 0) is 17.9 Å². The van der Waals surface area contributed by atoms with Crippen molar-refractivity contribution in [1.29, 1.82) is 0 Å². The van der Waals surface area contributed by atoms with Crippen LogP contribution in [0.1, 0.15) is 31.9 Å². The van der Waals surface area contributed by atoms with Crippen LogP contribution in [0.5, 0.6) is 0 Å². The zero-order valence-corrected chi connectivity index (χ0v) is 14.7. The quantitative estimate of drug-likeness (QED) is 0.805. The molecule has 1 N–H and O–H groups in total. The maximum absolute atomic E-state index is 12.7. The average molecular weight is 325 g/mol. The second kappa shape index (κ2) is 8.76. The summed E-state index contributed by atoms with van der Waals surface area (Å²) in [6, 6.07) is 20.1. The van der Waals surface area contributed by atoms with Crippen molar-refractivity contribution < 1.29 is 9.90 Å². The number of rotatable bonds is 8. The number of nitrogens with zero attached hydrogens (tertiary/aromatic N) is 1. The second-order valence-electron chi connectivity index (χ2n) is 6.48. The molecule has 24 heavy (non-hydrogen) atoms. The maximum Gasteiger partial charge on any atom is 0.155 e. The molecule has 0 aliphatic rings. The highest BCUT2D eigenvalue weighted by Gasteiger charge is 2.28. The first kappa shape index (κ1) is 18.4. The minimum Gasteiger partial charge on any atom is -0.393 e. The molecular formula is C21H27NO2. The largest absolute Gasteiger partial charge is 0.393 e. The molecule has 3 atom stereocenters. The van der Waals surface area contributed by atoms with E-state index in [0.29, 0.717) is 13.1 Å². The Kier molecular flexibility index (Phi) is 6.71. The molecule has 0 aliphatic heterocycles. The van der Waals surface area contributed by atoms with E-state index < -0.39 is 6.10 Å². The van der Waals surface area contributed by atoms with Crippen LogP contribution in [-0.4, -0.2) is 27.9 Å². The lowest BCUT2D eigenvalue weighted by Gasteiger charge is -2.30. The van der Waals surface area contributed by atoms with E-state index in [9.17, 15) is 9.90 Å². The lowest BCUT2D eigenvalue weighted by molar-refractivity contribution is -0.130. The lowest BCUT2D eigenvalue weighted by Crippen LogP contribution is -2.42. The predicted molar refractivity (Wildman–Crippen MR) is 97.4 cm³/mol. The molecule has 2 aromatic rings. The van der Waals surface area contributed by atoms with Crippen molar-refractivity contribution in [3.05, 3.63) is 71.8 Å². The molecule has 0 saturated carbocycles. The number of hydrogen-bond acceptors (Lipinski definition) is 3. The van der Waals surface area contributed by atoms with Gasteiger partial charge in [-0.05, 0) is 25.0 Å². The van der Waals surface area contributed by atoms with Gasteiger partial charge in [-0.2, -0.15) is 0 Å². The molecule has 0 fully saturated rings. The molecule has 0 unspecified atom stereocenters. The number of benzene rings is 2. The molecule has 2 aromatic carbocycles. The molecule has 0 heterocycles. The van der Waals surface area contributed by atoms with Crippen LogP contribution in [0.15, 0.2) is 60.7 Å². The topological polar surface area (TPSA) is 40.5 Å². The highest BCUT2D eigenvalue weighted by Crippen LogP contribution is 2.17. The Labute approximate surface area is 144 Å². The molecule has 3 nitrogen and oxygen atoms in total. The third-order valence-electron chi connectivity index (χ3n) is 4.59. The van der Waals surface area contributed by atoms with Crippen molar-refractivity contribution in [3.8, 4) is 0 Å². The fourth-order valence-corrected chi connectivity index (χ4v) is 2.76. The zero-order chi connectivity index (χ0) is 17.5. The first-order valence-corrected chi connectivity index (χ1v) is 8.52.